The zero-order valence-corrected chi connectivity index (χ0v) is 18.7. The number of ether oxygens (including phenoxy) is 2. The number of rotatable bonds is 4. The minimum absolute atomic E-state index is 0.0579. The van der Waals surface area contributed by atoms with Crippen LogP contribution in [0.4, 0.5) is 5.88 Å². The van der Waals surface area contributed by atoms with Gasteiger partial charge in [0.1, 0.15) is 5.75 Å². The second-order valence-electron chi connectivity index (χ2n) is 8.38. The van der Waals surface area contributed by atoms with Crippen LogP contribution in [-0.4, -0.2) is 31.1 Å². The summed E-state index contributed by atoms with van der Waals surface area (Å²) in [6.07, 6.45) is 1.10. The molecule has 2 aliphatic rings. The molecule has 2 heterocycles. The van der Waals surface area contributed by atoms with Crippen LogP contribution in [0.5, 0.6) is 5.75 Å². The summed E-state index contributed by atoms with van der Waals surface area (Å²) in [4.78, 5) is 25.4. The summed E-state index contributed by atoms with van der Waals surface area (Å²) < 4.78 is 15.6. The van der Waals surface area contributed by atoms with E-state index in [1.165, 1.54) is 7.11 Å². The van der Waals surface area contributed by atoms with Crippen molar-refractivity contribution in [2.75, 3.05) is 19.5 Å². The van der Waals surface area contributed by atoms with E-state index in [1.54, 1.807) is 19.2 Å². The second kappa shape index (κ2) is 8.24. The summed E-state index contributed by atoms with van der Waals surface area (Å²) in [5, 5.41) is 7.49. The van der Waals surface area contributed by atoms with Gasteiger partial charge >= 0.3 is 5.97 Å². The lowest BCUT2D eigenvalue weighted by Crippen LogP contribution is -2.29. The van der Waals surface area contributed by atoms with E-state index in [0.717, 1.165) is 39.4 Å². The van der Waals surface area contributed by atoms with Crippen LogP contribution < -0.4 is 10.1 Å². The van der Waals surface area contributed by atoms with E-state index >= 15 is 0 Å². The Bertz CT molecular complexity index is 1250. The lowest BCUT2D eigenvalue weighted by molar-refractivity contribution is -0.116. The van der Waals surface area contributed by atoms with Gasteiger partial charge in [-0.25, -0.2) is 4.79 Å². The Labute approximate surface area is 191 Å². The minimum atomic E-state index is -0.398. The van der Waals surface area contributed by atoms with Gasteiger partial charge in [-0.3, -0.25) is 4.79 Å². The number of esters is 1. The van der Waals surface area contributed by atoms with Crippen LogP contribution in [0.2, 0.25) is 0 Å². The molecule has 0 fully saturated rings. The van der Waals surface area contributed by atoms with Gasteiger partial charge in [0.15, 0.2) is 5.78 Å². The van der Waals surface area contributed by atoms with Gasteiger partial charge < -0.3 is 19.3 Å². The molecule has 0 radical (unpaired) electrons. The summed E-state index contributed by atoms with van der Waals surface area (Å²) >= 11 is 0. The molecule has 0 saturated carbocycles. The molecule has 1 aromatic heterocycles. The first-order chi connectivity index (χ1) is 16.0. The van der Waals surface area contributed by atoms with Gasteiger partial charge in [-0.2, -0.15) is 0 Å². The molecule has 0 spiro atoms. The van der Waals surface area contributed by atoms with E-state index in [4.69, 9.17) is 14.0 Å². The van der Waals surface area contributed by atoms with Crippen molar-refractivity contribution in [3.63, 3.8) is 0 Å². The Morgan fingerprint density at radius 2 is 1.73 bits per heavy atom. The summed E-state index contributed by atoms with van der Waals surface area (Å²) in [6.45, 7) is 1.87. The summed E-state index contributed by atoms with van der Waals surface area (Å²) in [5.74, 6) is 0.800. The molecule has 168 valence electrons. The van der Waals surface area contributed by atoms with Crippen LogP contribution in [0.25, 0.3) is 0 Å². The molecule has 0 unspecified atom stereocenters. The van der Waals surface area contributed by atoms with Crippen molar-refractivity contribution in [1.29, 1.82) is 0 Å². The maximum atomic E-state index is 13.5. The summed E-state index contributed by atoms with van der Waals surface area (Å²) in [7, 11) is 2.99. The van der Waals surface area contributed by atoms with E-state index in [9.17, 15) is 9.59 Å². The molecule has 2 atom stereocenters. The largest absolute Gasteiger partial charge is 0.497 e. The van der Waals surface area contributed by atoms with E-state index < -0.39 is 5.97 Å². The number of methoxy groups -OCH3 is 2. The number of Topliss-reactive ketones (excluding diaryl/α,β-unsaturated/α-hetero) is 1. The number of anilines is 1. The van der Waals surface area contributed by atoms with Crippen LogP contribution in [0.1, 0.15) is 57.4 Å². The van der Waals surface area contributed by atoms with Crippen molar-refractivity contribution in [3.05, 3.63) is 87.7 Å². The molecular weight excluding hydrogens is 420 g/mol. The number of nitrogens with zero attached hydrogens (tertiary/aromatic N) is 1. The quantitative estimate of drug-likeness (QED) is 0.582. The Morgan fingerprint density at radius 3 is 2.39 bits per heavy atom. The predicted molar refractivity (Wildman–Crippen MR) is 121 cm³/mol. The number of hydrogen-bond acceptors (Lipinski definition) is 7. The molecule has 0 amide bonds. The number of nitrogens with one attached hydrogen (secondary N) is 1. The zero-order chi connectivity index (χ0) is 23.1. The highest BCUT2D eigenvalue weighted by Crippen LogP contribution is 2.49. The summed E-state index contributed by atoms with van der Waals surface area (Å²) in [6, 6.07) is 15.0. The normalized spacial score (nSPS) is 19.4. The first-order valence-electron chi connectivity index (χ1n) is 10.8. The van der Waals surface area contributed by atoms with E-state index in [0.29, 0.717) is 24.3 Å². The van der Waals surface area contributed by atoms with Gasteiger partial charge in [-0.1, -0.05) is 29.4 Å². The predicted octanol–water partition coefficient (Wildman–Crippen LogP) is 4.74. The first kappa shape index (κ1) is 21.0. The standard InChI is InChI=1S/C26H24N2O5/c1-14-22-23(16-4-6-17(7-5-16)26(30)32-3)24-20(27-25(22)33-28-14)12-18(13-21(24)29)15-8-10-19(31-2)11-9-15/h4-11,18,23,27H,12-13H2,1-3H3/t18-,23+/m0/s1. The molecule has 0 bridgehead atoms. The lowest BCUT2D eigenvalue weighted by atomic mass is 9.72. The van der Waals surface area contributed by atoms with Gasteiger partial charge in [-0.15, -0.1) is 0 Å². The Balaban J connectivity index is 1.55. The fourth-order valence-electron chi connectivity index (χ4n) is 4.85. The van der Waals surface area contributed by atoms with Crippen LogP contribution in [0, 0.1) is 6.92 Å². The smallest absolute Gasteiger partial charge is 0.337 e. The molecule has 0 saturated heterocycles. The topological polar surface area (TPSA) is 90.7 Å². The molecule has 33 heavy (non-hydrogen) atoms. The first-order valence-corrected chi connectivity index (χ1v) is 10.8. The number of hydrogen-bond donors (Lipinski definition) is 1. The SMILES string of the molecule is COC(=O)c1ccc([C@H]2C3=C(C[C@H](c4ccc(OC)cc4)CC3=O)Nc3onc(C)c32)cc1. The third kappa shape index (κ3) is 3.59. The second-order valence-corrected chi connectivity index (χ2v) is 8.38. The van der Waals surface area contributed by atoms with Crippen molar-refractivity contribution in [2.45, 2.75) is 31.6 Å². The van der Waals surface area contributed by atoms with Crippen molar-refractivity contribution >= 4 is 17.6 Å². The summed E-state index contributed by atoms with van der Waals surface area (Å²) in [5.41, 5.74) is 5.65. The highest BCUT2D eigenvalue weighted by molar-refractivity contribution is 6.01. The Kier molecular flexibility index (Phi) is 5.24. The molecule has 5 rings (SSSR count). The van der Waals surface area contributed by atoms with Crippen molar-refractivity contribution in [3.8, 4) is 5.75 Å². The zero-order valence-electron chi connectivity index (χ0n) is 18.7. The van der Waals surface area contributed by atoms with Crippen molar-refractivity contribution in [2.24, 2.45) is 0 Å². The average molecular weight is 444 g/mol. The number of fused-ring (bicyclic) bond motifs is 1. The van der Waals surface area contributed by atoms with E-state index in [2.05, 4.69) is 10.5 Å². The van der Waals surface area contributed by atoms with Crippen LogP contribution in [0.15, 0.2) is 64.3 Å². The van der Waals surface area contributed by atoms with E-state index in [1.807, 2.05) is 43.3 Å². The fraction of sp³-hybridized carbons (Fsp3) is 0.269. The third-order valence-electron chi connectivity index (χ3n) is 6.51. The number of benzene rings is 2. The molecule has 7 nitrogen and oxygen atoms in total. The maximum Gasteiger partial charge on any atom is 0.337 e. The maximum absolute atomic E-state index is 13.5. The van der Waals surface area contributed by atoms with Crippen LogP contribution >= 0.6 is 0 Å². The highest BCUT2D eigenvalue weighted by atomic mass is 16.5. The van der Waals surface area contributed by atoms with Gasteiger partial charge in [-0.05, 0) is 54.7 Å². The molecular formula is C26H24N2O5. The molecule has 1 aliphatic carbocycles. The van der Waals surface area contributed by atoms with Crippen LogP contribution in [-0.2, 0) is 9.53 Å². The van der Waals surface area contributed by atoms with Gasteiger partial charge in [0, 0.05) is 23.6 Å². The fourth-order valence-corrected chi connectivity index (χ4v) is 4.85. The van der Waals surface area contributed by atoms with E-state index in [-0.39, 0.29) is 17.6 Å². The monoisotopic (exact) mass is 444 g/mol. The van der Waals surface area contributed by atoms with Gasteiger partial charge in [0.2, 0.25) is 5.88 Å². The third-order valence-corrected chi connectivity index (χ3v) is 6.51. The number of ketones is 1. The minimum Gasteiger partial charge on any atom is -0.497 e. The molecule has 3 aromatic rings. The molecule has 7 heteroatoms. The molecule has 1 aliphatic heterocycles. The van der Waals surface area contributed by atoms with Gasteiger partial charge in [0.25, 0.3) is 0 Å². The van der Waals surface area contributed by atoms with Crippen LogP contribution in [0.3, 0.4) is 0 Å². The average Bonchev–Trinajstić information content (AvgIpc) is 3.22. The molecule has 1 N–H and O–H groups in total. The number of allylic oxidation sites excluding steroid dienone is 2. The van der Waals surface area contributed by atoms with Gasteiger partial charge in [0.05, 0.1) is 31.0 Å². The number of aromatic nitrogens is 1. The number of carbonyl (C=O) groups excluding carboxylic acids is 2. The Morgan fingerprint density at radius 1 is 1.03 bits per heavy atom. The van der Waals surface area contributed by atoms with Crippen molar-refractivity contribution < 1.29 is 23.6 Å². The lowest BCUT2D eigenvalue weighted by Gasteiger charge is -2.34. The van der Waals surface area contributed by atoms with Crippen molar-refractivity contribution in [1.82, 2.24) is 5.16 Å². The number of aryl methyl sites for hydroxylation is 1. The highest BCUT2D eigenvalue weighted by Gasteiger charge is 2.41. The number of carbonyl (C=O) groups is 2. The molecule has 2 aromatic carbocycles. The Hall–Kier alpha value is -3.87.